The number of carboxylic acid groups (broad SMARTS) is 1. The number of carboxylic acids is 1. The van der Waals surface area contributed by atoms with Gasteiger partial charge in [0.15, 0.2) is 0 Å². The lowest BCUT2D eigenvalue weighted by atomic mass is 10.1. The van der Waals surface area contributed by atoms with Gasteiger partial charge in [0.05, 0.1) is 0 Å². The van der Waals surface area contributed by atoms with Crippen molar-refractivity contribution in [1.29, 1.82) is 0 Å². The predicted octanol–water partition coefficient (Wildman–Crippen LogP) is 5.27. The second-order valence-electron chi connectivity index (χ2n) is 5.48. The Labute approximate surface area is 151 Å². The second kappa shape index (κ2) is 8.40. The van der Waals surface area contributed by atoms with Crippen molar-refractivity contribution in [2.75, 3.05) is 0 Å². The predicted molar refractivity (Wildman–Crippen MR) is 100 cm³/mol. The monoisotopic (exact) mass is 350 g/mol. The van der Waals surface area contributed by atoms with E-state index < -0.39 is 11.2 Å². The minimum Gasteiger partial charge on any atom is -0.480 e. The molecule has 0 bridgehead atoms. The summed E-state index contributed by atoms with van der Waals surface area (Å²) in [6, 6.07) is 26.7. The summed E-state index contributed by atoms with van der Waals surface area (Å²) >= 11 is 1.35. The zero-order valence-electron chi connectivity index (χ0n) is 13.5. The van der Waals surface area contributed by atoms with Crippen molar-refractivity contribution >= 4 is 17.7 Å². The van der Waals surface area contributed by atoms with Crippen LogP contribution in [0.25, 0.3) is 0 Å². The zero-order valence-corrected chi connectivity index (χ0v) is 14.4. The topological polar surface area (TPSA) is 46.5 Å². The Balaban J connectivity index is 1.79. The highest BCUT2D eigenvalue weighted by Crippen LogP contribution is 2.31. The van der Waals surface area contributed by atoms with Crippen molar-refractivity contribution in [2.24, 2.45) is 0 Å². The van der Waals surface area contributed by atoms with Crippen LogP contribution in [0.15, 0.2) is 89.8 Å². The maximum Gasteiger partial charge on any atom is 0.317 e. The zero-order chi connectivity index (χ0) is 17.5. The fraction of sp³-hybridized carbons (Fsp3) is 0.0952. The van der Waals surface area contributed by atoms with Crippen LogP contribution < -0.4 is 4.74 Å². The van der Waals surface area contributed by atoms with Gasteiger partial charge in [-0.1, -0.05) is 54.6 Å². The van der Waals surface area contributed by atoms with Crippen molar-refractivity contribution in [3.8, 4) is 11.5 Å². The van der Waals surface area contributed by atoms with Crippen LogP contribution in [0.2, 0.25) is 0 Å². The van der Waals surface area contributed by atoms with E-state index in [2.05, 4.69) is 0 Å². The minimum absolute atomic E-state index is 0.387. The summed E-state index contributed by atoms with van der Waals surface area (Å²) in [5, 5.41) is 9.03. The number of ether oxygens (including phenoxy) is 1. The molecule has 0 aliphatic carbocycles. The van der Waals surface area contributed by atoms with Gasteiger partial charge >= 0.3 is 5.97 Å². The largest absolute Gasteiger partial charge is 0.480 e. The molecule has 4 heteroatoms. The van der Waals surface area contributed by atoms with Crippen molar-refractivity contribution in [3.63, 3.8) is 0 Å². The summed E-state index contributed by atoms with van der Waals surface area (Å²) in [7, 11) is 0. The quantitative estimate of drug-likeness (QED) is 0.590. The summed E-state index contributed by atoms with van der Waals surface area (Å²) in [5.41, 5.74) is 0.877. The van der Waals surface area contributed by atoms with Crippen LogP contribution in [-0.2, 0) is 11.2 Å². The minimum atomic E-state index is -0.830. The highest BCUT2D eigenvalue weighted by atomic mass is 32.2. The van der Waals surface area contributed by atoms with E-state index in [0.29, 0.717) is 12.2 Å². The van der Waals surface area contributed by atoms with Crippen LogP contribution in [0.5, 0.6) is 11.5 Å². The van der Waals surface area contributed by atoms with Crippen molar-refractivity contribution in [1.82, 2.24) is 0 Å². The molecule has 0 aromatic heterocycles. The molecule has 126 valence electrons. The first-order valence-corrected chi connectivity index (χ1v) is 8.85. The lowest BCUT2D eigenvalue weighted by molar-refractivity contribution is -0.136. The Hall–Kier alpha value is -2.72. The number of aliphatic carboxylic acids is 1. The molecule has 0 radical (unpaired) electrons. The molecular formula is C21H18O3S. The van der Waals surface area contributed by atoms with Crippen LogP contribution in [0.4, 0.5) is 0 Å². The molecular weight excluding hydrogens is 332 g/mol. The van der Waals surface area contributed by atoms with Gasteiger partial charge in [0.2, 0.25) is 0 Å². The standard InChI is InChI=1S/C21H18O3S/c22-21(23)20(25-18-12-5-2-6-13-18)15-16-9-7-8-14-19(16)24-17-10-3-1-4-11-17/h1-14,20H,15H2,(H,22,23)/t20-/m1/s1. The molecule has 0 aliphatic rings. The number of para-hydroxylation sites is 2. The fourth-order valence-electron chi connectivity index (χ4n) is 2.43. The number of thioether (sulfide) groups is 1. The van der Waals surface area contributed by atoms with Gasteiger partial charge in [0, 0.05) is 4.90 Å². The first kappa shape index (κ1) is 17.1. The Kier molecular flexibility index (Phi) is 5.75. The van der Waals surface area contributed by atoms with E-state index in [9.17, 15) is 9.90 Å². The molecule has 0 heterocycles. The summed E-state index contributed by atoms with van der Waals surface area (Å²) in [6.45, 7) is 0. The maximum atomic E-state index is 11.7. The van der Waals surface area contributed by atoms with E-state index in [1.807, 2.05) is 84.9 Å². The van der Waals surface area contributed by atoms with E-state index >= 15 is 0 Å². The average molecular weight is 350 g/mol. The van der Waals surface area contributed by atoms with Crippen LogP contribution in [0, 0.1) is 0 Å². The van der Waals surface area contributed by atoms with E-state index in [0.717, 1.165) is 16.2 Å². The third-order valence-electron chi connectivity index (χ3n) is 3.65. The van der Waals surface area contributed by atoms with Gasteiger partial charge in [0.25, 0.3) is 0 Å². The molecule has 0 fully saturated rings. The molecule has 1 N–H and O–H groups in total. The van der Waals surface area contributed by atoms with Crippen LogP contribution >= 0.6 is 11.8 Å². The van der Waals surface area contributed by atoms with Crippen molar-refractivity contribution in [2.45, 2.75) is 16.6 Å². The third kappa shape index (κ3) is 4.88. The van der Waals surface area contributed by atoms with Gasteiger partial charge in [-0.05, 0) is 42.3 Å². The molecule has 3 aromatic rings. The molecule has 0 saturated heterocycles. The Morgan fingerprint density at radius 2 is 1.48 bits per heavy atom. The molecule has 25 heavy (non-hydrogen) atoms. The number of hydrogen-bond acceptors (Lipinski definition) is 3. The molecule has 3 nitrogen and oxygen atoms in total. The number of rotatable bonds is 7. The van der Waals surface area contributed by atoms with E-state index in [1.165, 1.54) is 11.8 Å². The average Bonchev–Trinajstić information content (AvgIpc) is 2.64. The van der Waals surface area contributed by atoms with Crippen LogP contribution in [0.3, 0.4) is 0 Å². The first-order valence-electron chi connectivity index (χ1n) is 7.97. The molecule has 0 saturated carbocycles. The van der Waals surface area contributed by atoms with Gasteiger partial charge in [-0.15, -0.1) is 11.8 Å². The van der Waals surface area contributed by atoms with E-state index in [-0.39, 0.29) is 0 Å². The third-order valence-corrected chi connectivity index (χ3v) is 4.84. The lowest BCUT2D eigenvalue weighted by Crippen LogP contribution is -2.19. The summed E-state index contributed by atoms with van der Waals surface area (Å²) in [4.78, 5) is 12.7. The van der Waals surface area contributed by atoms with Crippen molar-refractivity contribution in [3.05, 3.63) is 90.5 Å². The highest BCUT2D eigenvalue weighted by Gasteiger charge is 2.21. The Bertz CT molecular complexity index is 819. The molecule has 1 atom stereocenters. The van der Waals surface area contributed by atoms with Gasteiger partial charge < -0.3 is 9.84 Å². The van der Waals surface area contributed by atoms with E-state index in [4.69, 9.17) is 4.74 Å². The normalized spacial score (nSPS) is 11.7. The van der Waals surface area contributed by atoms with Gasteiger partial charge in [-0.2, -0.15) is 0 Å². The molecule has 0 unspecified atom stereocenters. The van der Waals surface area contributed by atoms with Gasteiger partial charge in [-0.25, -0.2) is 0 Å². The highest BCUT2D eigenvalue weighted by molar-refractivity contribution is 8.00. The van der Waals surface area contributed by atoms with Crippen LogP contribution in [0.1, 0.15) is 5.56 Å². The molecule has 0 amide bonds. The summed E-state index contributed by atoms with van der Waals surface area (Å²) in [5.74, 6) is 0.592. The van der Waals surface area contributed by atoms with Crippen molar-refractivity contribution < 1.29 is 14.6 Å². The van der Waals surface area contributed by atoms with Gasteiger partial charge in [-0.3, -0.25) is 4.79 Å². The van der Waals surface area contributed by atoms with Gasteiger partial charge in [0.1, 0.15) is 16.7 Å². The smallest absolute Gasteiger partial charge is 0.317 e. The summed E-state index contributed by atoms with van der Waals surface area (Å²) in [6.07, 6.45) is 0.387. The first-order chi connectivity index (χ1) is 12.2. The molecule has 0 spiro atoms. The van der Waals surface area contributed by atoms with Crippen LogP contribution in [-0.4, -0.2) is 16.3 Å². The molecule has 0 aliphatic heterocycles. The maximum absolute atomic E-state index is 11.7. The lowest BCUT2D eigenvalue weighted by Gasteiger charge is -2.15. The Morgan fingerprint density at radius 1 is 0.880 bits per heavy atom. The second-order valence-corrected chi connectivity index (χ2v) is 6.76. The fourth-order valence-corrected chi connectivity index (χ4v) is 3.44. The molecule has 3 rings (SSSR count). The van der Waals surface area contributed by atoms with E-state index in [1.54, 1.807) is 0 Å². The SMILES string of the molecule is O=C(O)[C@@H](Cc1ccccc1Oc1ccccc1)Sc1ccccc1. The molecule has 3 aromatic carbocycles. The summed E-state index contributed by atoms with van der Waals surface area (Å²) < 4.78 is 5.94. The Morgan fingerprint density at radius 3 is 2.16 bits per heavy atom. The number of hydrogen-bond donors (Lipinski definition) is 1. The number of benzene rings is 3. The number of carbonyl (C=O) groups is 1.